The first kappa shape index (κ1) is 12.0. The molecule has 16 heavy (non-hydrogen) atoms. The smallest absolute Gasteiger partial charge is 0.338 e. The maximum Gasteiger partial charge on any atom is 0.338 e. The number of ketones is 1. The zero-order chi connectivity index (χ0) is 12.3. The van der Waals surface area contributed by atoms with Crippen LogP contribution < -0.4 is 4.74 Å². The van der Waals surface area contributed by atoms with E-state index in [0.29, 0.717) is 5.56 Å². The molecule has 1 rings (SSSR count). The standard InChI is InChI=1S/C12H12O4/c1-7(2)12(15)16-11-6-9(8(3)13)4-5-10(11)14/h4-6,14H,1H2,2-3H3. The minimum absolute atomic E-state index is 0.0410. The van der Waals surface area contributed by atoms with E-state index in [1.54, 1.807) is 0 Å². The molecule has 0 heterocycles. The minimum Gasteiger partial charge on any atom is -0.504 e. The van der Waals surface area contributed by atoms with E-state index in [4.69, 9.17) is 4.74 Å². The van der Waals surface area contributed by atoms with Crippen LogP contribution in [0.4, 0.5) is 0 Å². The SMILES string of the molecule is C=C(C)C(=O)Oc1cc(C(C)=O)ccc1O. The predicted molar refractivity (Wildman–Crippen MR) is 58.6 cm³/mol. The number of phenolic OH excluding ortho intramolecular Hbond substituents is 1. The van der Waals surface area contributed by atoms with Gasteiger partial charge in [0.05, 0.1) is 0 Å². The van der Waals surface area contributed by atoms with Crippen LogP contribution in [0.25, 0.3) is 0 Å². The van der Waals surface area contributed by atoms with Gasteiger partial charge in [-0.25, -0.2) is 4.79 Å². The Morgan fingerprint density at radius 2 is 1.94 bits per heavy atom. The number of phenols is 1. The van der Waals surface area contributed by atoms with E-state index >= 15 is 0 Å². The summed E-state index contributed by atoms with van der Waals surface area (Å²) >= 11 is 0. The van der Waals surface area contributed by atoms with Crippen molar-refractivity contribution < 1.29 is 19.4 Å². The van der Waals surface area contributed by atoms with E-state index in [2.05, 4.69) is 6.58 Å². The summed E-state index contributed by atoms with van der Waals surface area (Å²) in [7, 11) is 0. The lowest BCUT2D eigenvalue weighted by molar-refractivity contribution is -0.130. The van der Waals surface area contributed by atoms with Crippen LogP contribution in [0.2, 0.25) is 0 Å². The Bertz CT molecular complexity index is 460. The molecule has 0 aliphatic rings. The summed E-state index contributed by atoms with van der Waals surface area (Å²) in [6.45, 7) is 6.30. The fourth-order valence-corrected chi connectivity index (χ4v) is 1.00. The van der Waals surface area contributed by atoms with Crippen LogP contribution in [0.15, 0.2) is 30.4 Å². The van der Waals surface area contributed by atoms with Crippen LogP contribution in [-0.4, -0.2) is 16.9 Å². The molecule has 0 fully saturated rings. The molecule has 4 heteroatoms. The number of Topliss-reactive ketones (excluding diaryl/α,β-unsaturated/α-hetero) is 1. The summed E-state index contributed by atoms with van der Waals surface area (Å²) < 4.78 is 4.86. The lowest BCUT2D eigenvalue weighted by Crippen LogP contribution is -2.08. The number of rotatable bonds is 3. The summed E-state index contributed by atoms with van der Waals surface area (Å²) in [4.78, 5) is 22.3. The van der Waals surface area contributed by atoms with Crippen molar-refractivity contribution in [3.63, 3.8) is 0 Å². The van der Waals surface area contributed by atoms with Gasteiger partial charge in [-0.2, -0.15) is 0 Å². The van der Waals surface area contributed by atoms with Gasteiger partial charge in [0.1, 0.15) is 0 Å². The highest BCUT2D eigenvalue weighted by Gasteiger charge is 2.11. The van der Waals surface area contributed by atoms with Crippen molar-refractivity contribution in [1.29, 1.82) is 0 Å². The topological polar surface area (TPSA) is 63.6 Å². The minimum atomic E-state index is -0.643. The molecule has 0 unspecified atom stereocenters. The van der Waals surface area contributed by atoms with Crippen molar-refractivity contribution in [2.75, 3.05) is 0 Å². The molecule has 0 saturated heterocycles. The summed E-state index contributed by atoms with van der Waals surface area (Å²) in [6.07, 6.45) is 0. The van der Waals surface area contributed by atoms with Crippen molar-refractivity contribution in [2.45, 2.75) is 13.8 Å². The summed E-state index contributed by atoms with van der Waals surface area (Å²) in [6, 6.07) is 4.08. The van der Waals surface area contributed by atoms with Crippen LogP contribution in [0.3, 0.4) is 0 Å². The molecular formula is C12H12O4. The number of aromatic hydroxyl groups is 1. The zero-order valence-electron chi connectivity index (χ0n) is 9.11. The second-order valence-electron chi connectivity index (χ2n) is 3.41. The number of hydrogen-bond acceptors (Lipinski definition) is 4. The number of benzene rings is 1. The quantitative estimate of drug-likeness (QED) is 0.366. The fourth-order valence-electron chi connectivity index (χ4n) is 1.00. The van der Waals surface area contributed by atoms with E-state index in [1.165, 1.54) is 32.0 Å². The molecule has 0 atom stereocenters. The van der Waals surface area contributed by atoms with Gasteiger partial charge < -0.3 is 9.84 Å². The second kappa shape index (κ2) is 4.61. The number of hydrogen-bond donors (Lipinski definition) is 1. The van der Waals surface area contributed by atoms with Crippen molar-refractivity contribution >= 4 is 11.8 Å². The first-order chi connectivity index (χ1) is 7.41. The second-order valence-corrected chi connectivity index (χ2v) is 3.41. The lowest BCUT2D eigenvalue weighted by atomic mass is 10.1. The van der Waals surface area contributed by atoms with E-state index < -0.39 is 5.97 Å². The van der Waals surface area contributed by atoms with Gasteiger partial charge in [0.25, 0.3) is 0 Å². The van der Waals surface area contributed by atoms with Gasteiger partial charge in [-0.15, -0.1) is 0 Å². The van der Waals surface area contributed by atoms with Crippen molar-refractivity contribution in [3.05, 3.63) is 35.9 Å². The van der Waals surface area contributed by atoms with Gasteiger partial charge >= 0.3 is 5.97 Å². The van der Waals surface area contributed by atoms with Crippen molar-refractivity contribution in [3.8, 4) is 11.5 Å². The fraction of sp³-hybridized carbons (Fsp3) is 0.167. The zero-order valence-corrected chi connectivity index (χ0v) is 9.11. The number of esters is 1. The number of ether oxygens (including phenoxy) is 1. The summed E-state index contributed by atoms with van der Waals surface area (Å²) in [5.41, 5.74) is 0.579. The Labute approximate surface area is 93.2 Å². The highest BCUT2D eigenvalue weighted by atomic mass is 16.5. The van der Waals surface area contributed by atoms with Crippen LogP contribution >= 0.6 is 0 Å². The first-order valence-corrected chi connectivity index (χ1v) is 4.63. The predicted octanol–water partition coefficient (Wildman–Crippen LogP) is 2.08. The molecule has 1 N–H and O–H groups in total. The van der Waals surface area contributed by atoms with Crippen LogP contribution in [0.5, 0.6) is 11.5 Å². The Morgan fingerprint density at radius 3 is 2.44 bits per heavy atom. The molecule has 84 valence electrons. The lowest BCUT2D eigenvalue weighted by Gasteiger charge is -2.06. The van der Waals surface area contributed by atoms with Gasteiger partial charge in [-0.1, -0.05) is 6.58 Å². The molecule has 0 spiro atoms. The normalized spacial score (nSPS) is 9.62. The summed E-state index contributed by atoms with van der Waals surface area (Å²) in [5, 5.41) is 9.43. The first-order valence-electron chi connectivity index (χ1n) is 4.63. The van der Waals surface area contributed by atoms with Gasteiger partial charge in [-0.3, -0.25) is 4.79 Å². The maximum absolute atomic E-state index is 11.2. The molecule has 1 aromatic rings. The van der Waals surface area contributed by atoms with Gasteiger partial charge in [0.2, 0.25) is 0 Å². The van der Waals surface area contributed by atoms with E-state index in [0.717, 1.165) is 0 Å². The molecule has 1 aromatic carbocycles. The molecule has 0 bridgehead atoms. The summed E-state index contributed by atoms with van der Waals surface area (Å²) in [5.74, 6) is -1.05. The molecule has 0 aromatic heterocycles. The molecule has 0 saturated carbocycles. The molecule has 0 aliphatic carbocycles. The van der Waals surface area contributed by atoms with Gasteiger partial charge in [-0.05, 0) is 32.0 Å². The van der Waals surface area contributed by atoms with Crippen molar-refractivity contribution in [2.24, 2.45) is 0 Å². The Morgan fingerprint density at radius 1 is 1.31 bits per heavy atom. The average molecular weight is 220 g/mol. The van der Waals surface area contributed by atoms with Crippen LogP contribution in [0, 0.1) is 0 Å². The number of carbonyl (C=O) groups excluding carboxylic acids is 2. The number of carbonyl (C=O) groups is 2. The molecule has 0 aliphatic heterocycles. The highest BCUT2D eigenvalue weighted by molar-refractivity contribution is 5.95. The third kappa shape index (κ3) is 2.70. The Kier molecular flexibility index (Phi) is 3.45. The van der Waals surface area contributed by atoms with Crippen molar-refractivity contribution in [1.82, 2.24) is 0 Å². The van der Waals surface area contributed by atoms with Crippen LogP contribution in [0.1, 0.15) is 24.2 Å². The van der Waals surface area contributed by atoms with E-state index in [1.807, 2.05) is 0 Å². The third-order valence-electron chi connectivity index (χ3n) is 1.92. The Balaban J connectivity index is 3.03. The van der Waals surface area contributed by atoms with E-state index in [9.17, 15) is 14.7 Å². The van der Waals surface area contributed by atoms with Gasteiger partial charge in [0.15, 0.2) is 17.3 Å². The van der Waals surface area contributed by atoms with Gasteiger partial charge in [0, 0.05) is 11.1 Å². The largest absolute Gasteiger partial charge is 0.504 e. The molecule has 4 nitrogen and oxygen atoms in total. The maximum atomic E-state index is 11.2. The van der Waals surface area contributed by atoms with E-state index in [-0.39, 0.29) is 22.9 Å². The monoisotopic (exact) mass is 220 g/mol. The molecular weight excluding hydrogens is 208 g/mol. The molecule has 0 radical (unpaired) electrons. The highest BCUT2D eigenvalue weighted by Crippen LogP contribution is 2.27. The average Bonchev–Trinajstić information content (AvgIpc) is 2.20. The molecule has 0 amide bonds. The van der Waals surface area contributed by atoms with Crippen LogP contribution in [-0.2, 0) is 4.79 Å². The Hall–Kier alpha value is -2.10. The third-order valence-corrected chi connectivity index (χ3v) is 1.92.